The Hall–Kier alpha value is -3.16. The van der Waals surface area contributed by atoms with Gasteiger partial charge in [-0.25, -0.2) is 4.68 Å². The molecule has 1 spiro atoms. The lowest BCUT2D eigenvalue weighted by atomic mass is 9.93. The molecule has 0 bridgehead atoms. The van der Waals surface area contributed by atoms with Gasteiger partial charge < -0.3 is 14.6 Å². The molecule has 1 aliphatic carbocycles. The number of nitrogens with one attached hydrogen (secondary N) is 1. The zero-order valence-electron chi connectivity index (χ0n) is 16.4. The Kier molecular flexibility index (Phi) is 4.34. The summed E-state index contributed by atoms with van der Waals surface area (Å²) in [5.74, 6) is 0.497. The third kappa shape index (κ3) is 3.62. The van der Waals surface area contributed by atoms with Gasteiger partial charge in [0, 0.05) is 31.0 Å². The number of rotatable bonds is 5. The summed E-state index contributed by atoms with van der Waals surface area (Å²) < 4.78 is 7.51. The molecule has 3 heterocycles. The van der Waals surface area contributed by atoms with Crippen LogP contribution >= 0.6 is 0 Å². The van der Waals surface area contributed by atoms with E-state index in [0.29, 0.717) is 11.3 Å². The number of likely N-dealkylation sites (tertiary alicyclic amines) is 1. The highest BCUT2D eigenvalue weighted by atomic mass is 16.4. The Labute approximate surface area is 168 Å². The first kappa shape index (κ1) is 17.9. The summed E-state index contributed by atoms with van der Waals surface area (Å²) in [5.41, 5.74) is 2.32. The van der Waals surface area contributed by atoms with E-state index in [-0.39, 0.29) is 11.9 Å². The number of piperidine rings is 1. The quantitative estimate of drug-likeness (QED) is 0.718. The van der Waals surface area contributed by atoms with Gasteiger partial charge in [-0.2, -0.15) is 5.10 Å². The molecule has 150 valence electrons. The number of hydrogen-bond acceptors (Lipinski definition) is 6. The van der Waals surface area contributed by atoms with E-state index in [1.165, 1.54) is 12.8 Å². The van der Waals surface area contributed by atoms with Crippen molar-refractivity contribution >= 4 is 11.9 Å². The minimum atomic E-state index is -0.404. The standard InChI is InChI=1S/C21H24N6O2/c1-15(19(28)26-13-9-21(7-8-21)10-14-26)23-20-25-24-18(29-20)16-3-5-17(6-4-16)27-12-2-11-22-27/h2-6,11-12,15H,7-10,13-14H2,1H3,(H,23,25)/t15-/m0/s1. The smallest absolute Gasteiger partial charge is 0.316 e. The molecule has 1 saturated carbocycles. The van der Waals surface area contributed by atoms with E-state index in [4.69, 9.17) is 4.42 Å². The molecule has 2 aromatic heterocycles. The van der Waals surface area contributed by atoms with Gasteiger partial charge in [-0.05, 0) is 68.4 Å². The largest absolute Gasteiger partial charge is 0.403 e. The molecule has 0 unspecified atom stereocenters. The minimum Gasteiger partial charge on any atom is -0.403 e. The zero-order valence-corrected chi connectivity index (χ0v) is 16.4. The Morgan fingerprint density at radius 2 is 1.90 bits per heavy atom. The van der Waals surface area contributed by atoms with Crippen molar-refractivity contribution in [3.63, 3.8) is 0 Å². The first-order valence-electron chi connectivity index (χ1n) is 10.1. The molecule has 8 nitrogen and oxygen atoms in total. The fourth-order valence-electron chi connectivity index (χ4n) is 3.98. The molecule has 2 aliphatic rings. The van der Waals surface area contributed by atoms with Crippen LogP contribution in [0.5, 0.6) is 0 Å². The molecule has 29 heavy (non-hydrogen) atoms. The molecule has 2 fully saturated rings. The molecule has 1 aromatic carbocycles. The third-order valence-corrected chi connectivity index (χ3v) is 6.11. The van der Waals surface area contributed by atoms with Crippen molar-refractivity contribution in [2.24, 2.45) is 5.41 Å². The lowest BCUT2D eigenvalue weighted by Gasteiger charge is -2.33. The summed E-state index contributed by atoms with van der Waals surface area (Å²) >= 11 is 0. The summed E-state index contributed by atoms with van der Waals surface area (Å²) in [6, 6.07) is 9.42. The summed E-state index contributed by atoms with van der Waals surface area (Å²) in [4.78, 5) is 14.7. The van der Waals surface area contributed by atoms with Crippen LogP contribution in [0, 0.1) is 5.41 Å². The number of benzene rings is 1. The van der Waals surface area contributed by atoms with Crippen LogP contribution in [0.25, 0.3) is 17.1 Å². The van der Waals surface area contributed by atoms with Crippen molar-refractivity contribution in [3.05, 3.63) is 42.7 Å². The molecular formula is C21H24N6O2. The summed E-state index contributed by atoms with van der Waals surface area (Å²) in [6.07, 6.45) is 8.54. The van der Waals surface area contributed by atoms with E-state index >= 15 is 0 Å². The number of carbonyl (C=O) groups excluding carboxylic acids is 1. The normalized spacial score (nSPS) is 18.6. The van der Waals surface area contributed by atoms with E-state index in [1.807, 2.05) is 48.4 Å². The van der Waals surface area contributed by atoms with Crippen LogP contribution in [0.1, 0.15) is 32.6 Å². The number of amides is 1. The Balaban J connectivity index is 1.21. The highest BCUT2D eigenvalue weighted by Gasteiger charge is 2.45. The van der Waals surface area contributed by atoms with Gasteiger partial charge in [-0.1, -0.05) is 5.10 Å². The van der Waals surface area contributed by atoms with Gasteiger partial charge in [0.2, 0.25) is 11.8 Å². The van der Waals surface area contributed by atoms with Gasteiger partial charge in [0.25, 0.3) is 0 Å². The van der Waals surface area contributed by atoms with Crippen molar-refractivity contribution in [2.75, 3.05) is 18.4 Å². The molecule has 5 rings (SSSR count). The van der Waals surface area contributed by atoms with E-state index < -0.39 is 6.04 Å². The first-order valence-corrected chi connectivity index (χ1v) is 10.1. The molecular weight excluding hydrogens is 368 g/mol. The van der Waals surface area contributed by atoms with Gasteiger partial charge >= 0.3 is 6.01 Å². The average Bonchev–Trinajstić information content (AvgIpc) is 3.16. The van der Waals surface area contributed by atoms with Crippen LogP contribution in [0.4, 0.5) is 6.01 Å². The van der Waals surface area contributed by atoms with Crippen LogP contribution in [-0.4, -0.2) is 49.9 Å². The van der Waals surface area contributed by atoms with Crippen molar-refractivity contribution in [2.45, 2.75) is 38.6 Å². The molecule has 1 aliphatic heterocycles. The van der Waals surface area contributed by atoms with Crippen LogP contribution in [0.3, 0.4) is 0 Å². The predicted octanol–water partition coefficient (Wildman–Crippen LogP) is 3.13. The van der Waals surface area contributed by atoms with E-state index in [1.54, 1.807) is 10.9 Å². The summed E-state index contributed by atoms with van der Waals surface area (Å²) in [6.45, 7) is 3.54. The maximum atomic E-state index is 12.7. The molecule has 8 heteroatoms. The third-order valence-electron chi connectivity index (χ3n) is 6.11. The fraction of sp³-hybridized carbons (Fsp3) is 0.429. The average molecular weight is 392 g/mol. The maximum Gasteiger partial charge on any atom is 0.316 e. The second kappa shape index (κ2) is 7.02. The summed E-state index contributed by atoms with van der Waals surface area (Å²) in [7, 11) is 0. The number of nitrogens with zero attached hydrogens (tertiary/aromatic N) is 5. The maximum absolute atomic E-state index is 12.7. The van der Waals surface area contributed by atoms with Gasteiger partial charge in [0.15, 0.2) is 0 Å². The lowest BCUT2D eigenvalue weighted by Crippen LogP contribution is -2.45. The van der Waals surface area contributed by atoms with E-state index in [2.05, 4.69) is 20.6 Å². The van der Waals surface area contributed by atoms with Crippen molar-refractivity contribution in [3.8, 4) is 17.1 Å². The molecule has 1 N–H and O–H groups in total. The Bertz CT molecular complexity index is 981. The molecule has 1 amide bonds. The molecule has 1 atom stereocenters. The fourth-order valence-corrected chi connectivity index (χ4v) is 3.98. The molecule has 0 radical (unpaired) electrons. The number of hydrogen-bond donors (Lipinski definition) is 1. The van der Waals surface area contributed by atoms with Gasteiger partial charge in [-0.15, -0.1) is 5.10 Å². The second-order valence-electron chi connectivity index (χ2n) is 8.10. The molecule has 1 saturated heterocycles. The monoisotopic (exact) mass is 392 g/mol. The van der Waals surface area contributed by atoms with Crippen molar-refractivity contribution < 1.29 is 9.21 Å². The first-order chi connectivity index (χ1) is 14.1. The van der Waals surface area contributed by atoms with Gasteiger partial charge in [-0.3, -0.25) is 4.79 Å². The van der Waals surface area contributed by atoms with Crippen molar-refractivity contribution in [1.29, 1.82) is 0 Å². The van der Waals surface area contributed by atoms with Crippen LogP contribution in [-0.2, 0) is 4.79 Å². The van der Waals surface area contributed by atoms with Gasteiger partial charge in [0.1, 0.15) is 6.04 Å². The van der Waals surface area contributed by atoms with Gasteiger partial charge in [0.05, 0.1) is 5.69 Å². The van der Waals surface area contributed by atoms with Crippen LogP contribution < -0.4 is 5.32 Å². The minimum absolute atomic E-state index is 0.0869. The lowest BCUT2D eigenvalue weighted by molar-refractivity contribution is -0.133. The Morgan fingerprint density at radius 1 is 1.14 bits per heavy atom. The zero-order chi connectivity index (χ0) is 19.8. The highest BCUT2D eigenvalue weighted by Crippen LogP contribution is 2.53. The van der Waals surface area contributed by atoms with Crippen molar-refractivity contribution in [1.82, 2.24) is 24.9 Å². The SMILES string of the molecule is C[C@H](Nc1nnc(-c2ccc(-n3cccn3)cc2)o1)C(=O)N1CCC2(CC1)CC2. The number of anilines is 1. The summed E-state index contributed by atoms with van der Waals surface area (Å²) in [5, 5.41) is 15.4. The predicted molar refractivity (Wildman–Crippen MR) is 107 cm³/mol. The van der Waals surface area contributed by atoms with E-state index in [9.17, 15) is 4.79 Å². The van der Waals surface area contributed by atoms with Crippen LogP contribution in [0.15, 0.2) is 47.1 Å². The Morgan fingerprint density at radius 3 is 2.55 bits per heavy atom. The van der Waals surface area contributed by atoms with Crippen LogP contribution in [0.2, 0.25) is 0 Å². The number of aromatic nitrogens is 4. The van der Waals surface area contributed by atoms with E-state index in [0.717, 1.165) is 37.2 Å². The number of carbonyl (C=O) groups is 1. The topological polar surface area (TPSA) is 89.1 Å². The highest BCUT2D eigenvalue weighted by molar-refractivity contribution is 5.83. The second-order valence-corrected chi connectivity index (χ2v) is 8.10. The molecule has 3 aromatic rings.